The smallest absolute Gasteiger partial charge is 0.412 e. The Morgan fingerprint density at radius 3 is 2.33 bits per heavy atom. The lowest BCUT2D eigenvalue weighted by molar-refractivity contribution is 0.0635. The van der Waals surface area contributed by atoms with E-state index in [1.807, 2.05) is 6.92 Å². The summed E-state index contributed by atoms with van der Waals surface area (Å²) < 4.78 is 18.5. The molecule has 0 saturated carbocycles. The van der Waals surface area contributed by atoms with Crippen molar-refractivity contribution in [3.05, 3.63) is 65.5 Å². The van der Waals surface area contributed by atoms with Gasteiger partial charge in [-0.15, -0.1) is 0 Å². The van der Waals surface area contributed by atoms with Gasteiger partial charge in [-0.25, -0.2) is 9.18 Å². The lowest BCUT2D eigenvalue weighted by Gasteiger charge is -2.21. The minimum atomic E-state index is -0.585. The molecule has 27 heavy (non-hydrogen) atoms. The van der Waals surface area contributed by atoms with Gasteiger partial charge in [0, 0.05) is 24.3 Å². The Kier molecular flexibility index (Phi) is 6.55. The van der Waals surface area contributed by atoms with Crippen LogP contribution < -0.4 is 5.32 Å². The molecule has 1 N–H and O–H groups in total. The first-order valence-electron chi connectivity index (χ1n) is 8.81. The molecule has 2 aromatic carbocycles. The van der Waals surface area contributed by atoms with Gasteiger partial charge in [0.1, 0.15) is 11.4 Å². The largest absolute Gasteiger partial charge is 0.444 e. The number of benzene rings is 2. The monoisotopic (exact) mass is 372 g/mol. The number of nitrogens with one attached hydrogen (secondary N) is 1. The van der Waals surface area contributed by atoms with Gasteiger partial charge in [0.15, 0.2) is 0 Å². The van der Waals surface area contributed by atoms with Gasteiger partial charge in [0.2, 0.25) is 0 Å². The maximum atomic E-state index is 13.3. The molecule has 0 radical (unpaired) electrons. The average Bonchev–Trinajstić information content (AvgIpc) is 2.58. The molecule has 0 saturated heterocycles. The Morgan fingerprint density at radius 2 is 1.78 bits per heavy atom. The number of anilines is 1. The summed E-state index contributed by atoms with van der Waals surface area (Å²) >= 11 is 0. The van der Waals surface area contributed by atoms with Crippen molar-refractivity contribution in [2.75, 3.05) is 11.9 Å². The summed E-state index contributed by atoms with van der Waals surface area (Å²) in [7, 11) is 0. The molecule has 0 aliphatic carbocycles. The standard InChI is InChI=1S/C21H25FN2O3/c1-5-24(14-15-7-6-8-17(22)13-15)19(25)16-9-11-18(12-10-16)23-20(26)27-21(2,3)4/h6-13H,5,14H2,1-4H3,(H,23,26). The zero-order chi connectivity index (χ0) is 20.0. The zero-order valence-corrected chi connectivity index (χ0v) is 16.1. The van der Waals surface area contributed by atoms with Crippen molar-refractivity contribution in [2.24, 2.45) is 0 Å². The highest BCUT2D eigenvalue weighted by Crippen LogP contribution is 2.16. The lowest BCUT2D eigenvalue weighted by Crippen LogP contribution is -2.30. The molecule has 0 aliphatic heterocycles. The van der Waals surface area contributed by atoms with Gasteiger partial charge in [-0.1, -0.05) is 12.1 Å². The summed E-state index contributed by atoms with van der Waals surface area (Å²) in [5.41, 5.74) is 1.17. The van der Waals surface area contributed by atoms with E-state index in [0.29, 0.717) is 24.3 Å². The van der Waals surface area contributed by atoms with Crippen LogP contribution in [0, 0.1) is 5.82 Å². The quantitative estimate of drug-likeness (QED) is 0.817. The molecule has 5 nitrogen and oxygen atoms in total. The van der Waals surface area contributed by atoms with E-state index in [2.05, 4.69) is 5.32 Å². The molecular formula is C21H25FN2O3. The first kappa shape index (κ1) is 20.4. The number of nitrogens with zero attached hydrogens (tertiary/aromatic N) is 1. The van der Waals surface area contributed by atoms with E-state index in [9.17, 15) is 14.0 Å². The van der Waals surface area contributed by atoms with Crippen LogP contribution >= 0.6 is 0 Å². The Bertz CT molecular complexity index is 798. The van der Waals surface area contributed by atoms with E-state index >= 15 is 0 Å². The van der Waals surface area contributed by atoms with E-state index < -0.39 is 11.7 Å². The van der Waals surface area contributed by atoms with Crippen LogP contribution in [0.5, 0.6) is 0 Å². The number of carbonyl (C=O) groups is 2. The molecule has 2 amide bonds. The third-order valence-electron chi connectivity index (χ3n) is 3.71. The van der Waals surface area contributed by atoms with Gasteiger partial charge >= 0.3 is 6.09 Å². The Balaban J connectivity index is 2.03. The number of ether oxygens (including phenoxy) is 1. The van der Waals surface area contributed by atoms with Crippen LogP contribution in [0.1, 0.15) is 43.6 Å². The van der Waals surface area contributed by atoms with Crippen LogP contribution in [0.15, 0.2) is 48.5 Å². The second-order valence-electron chi connectivity index (χ2n) is 7.15. The molecule has 0 fully saturated rings. The van der Waals surface area contributed by atoms with Gasteiger partial charge in [-0.3, -0.25) is 10.1 Å². The van der Waals surface area contributed by atoms with Gasteiger partial charge in [0.05, 0.1) is 0 Å². The van der Waals surface area contributed by atoms with E-state index in [0.717, 1.165) is 5.56 Å². The molecule has 144 valence electrons. The predicted molar refractivity (Wildman–Crippen MR) is 103 cm³/mol. The maximum absolute atomic E-state index is 13.3. The predicted octanol–water partition coefficient (Wildman–Crippen LogP) is 4.84. The van der Waals surface area contributed by atoms with Crippen LogP contribution in [-0.4, -0.2) is 29.0 Å². The van der Waals surface area contributed by atoms with Crippen LogP contribution in [0.4, 0.5) is 14.9 Å². The summed E-state index contributed by atoms with van der Waals surface area (Å²) in [5.74, 6) is -0.487. The fraction of sp³-hybridized carbons (Fsp3) is 0.333. The van der Waals surface area contributed by atoms with Crippen LogP contribution in [-0.2, 0) is 11.3 Å². The second kappa shape index (κ2) is 8.66. The SMILES string of the molecule is CCN(Cc1cccc(F)c1)C(=O)c1ccc(NC(=O)OC(C)(C)C)cc1. The molecule has 0 aromatic heterocycles. The lowest BCUT2D eigenvalue weighted by atomic mass is 10.1. The third-order valence-corrected chi connectivity index (χ3v) is 3.71. The summed E-state index contributed by atoms with van der Waals surface area (Å²) in [4.78, 5) is 26.1. The van der Waals surface area contributed by atoms with Gasteiger partial charge in [-0.05, 0) is 69.7 Å². The van der Waals surface area contributed by atoms with Crippen LogP contribution in [0.2, 0.25) is 0 Å². The van der Waals surface area contributed by atoms with E-state index in [1.165, 1.54) is 12.1 Å². The minimum absolute atomic E-state index is 0.162. The normalized spacial score (nSPS) is 11.0. The Hall–Kier alpha value is -2.89. The molecule has 2 rings (SSSR count). The molecule has 0 atom stereocenters. The van der Waals surface area contributed by atoms with Crippen molar-refractivity contribution in [3.63, 3.8) is 0 Å². The van der Waals surface area contributed by atoms with Crippen molar-refractivity contribution in [1.29, 1.82) is 0 Å². The summed E-state index contributed by atoms with van der Waals surface area (Å²) in [6.45, 7) is 8.04. The highest BCUT2D eigenvalue weighted by molar-refractivity contribution is 5.95. The first-order chi connectivity index (χ1) is 12.7. The topological polar surface area (TPSA) is 58.6 Å². The molecule has 0 heterocycles. The first-order valence-corrected chi connectivity index (χ1v) is 8.81. The van der Waals surface area contributed by atoms with Gasteiger partial charge in [0.25, 0.3) is 5.91 Å². The second-order valence-corrected chi connectivity index (χ2v) is 7.15. The van der Waals surface area contributed by atoms with Crippen LogP contribution in [0.3, 0.4) is 0 Å². The third kappa shape index (κ3) is 6.40. The van der Waals surface area contributed by atoms with E-state index in [4.69, 9.17) is 4.74 Å². The van der Waals surface area contributed by atoms with Crippen molar-refractivity contribution >= 4 is 17.7 Å². The fourth-order valence-corrected chi connectivity index (χ4v) is 2.48. The molecule has 6 heteroatoms. The van der Waals surface area contributed by atoms with E-state index in [1.54, 1.807) is 62.1 Å². The number of carbonyl (C=O) groups excluding carboxylic acids is 2. The van der Waals surface area contributed by atoms with Crippen molar-refractivity contribution in [1.82, 2.24) is 4.90 Å². The molecule has 2 aromatic rings. The summed E-state index contributed by atoms with van der Waals surface area (Å²) in [6.07, 6.45) is -0.553. The molecule has 0 spiro atoms. The van der Waals surface area contributed by atoms with Gasteiger partial charge in [-0.2, -0.15) is 0 Å². The highest BCUT2D eigenvalue weighted by atomic mass is 19.1. The fourth-order valence-electron chi connectivity index (χ4n) is 2.48. The van der Waals surface area contributed by atoms with Crippen LogP contribution in [0.25, 0.3) is 0 Å². The van der Waals surface area contributed by atoms with Crippen molar-refractivity contribution in [3.8, 4) is 0 Å². The minimum Gasteiger partial charge on any atom is -0.444 e. The number of halogens is 1. The molecular weight excluding hydrogens is 347 g/mol. The highest BCUT2D eigenvalue weighted by Gasteiger charge is 2.17. The number of amides is 2. The maximum Gasteiger partial charge on any atom is 0.412 e. The Labute approximate surface area is 159 Å². The van der Waals surface area contributed by atoms with Crippen molar-refractivity contribution < 1.29 is 18.7 Å². The zero-order valence-electron chi connectivity index (χ0n) is 16.1. The number of rotatable bonds is 5. The summed E-state index contributed by atoms with van der Waals surface area (Å²) in [6, 6.07) is 12.8. The van der Waals surface area contributed by atoms with Gasteiger partial charge < -0.3 is 9.64 Å². The molecule has 0 unspecified atom stereocenters. The van der Waals surface area contributed by atoms with Crippen molar-refractivity contribution in [2.45, 2.75) is 39.8 Å². The number of hydrogen-bond donors (Lipinski definition) is 1. The Morgan fingerprint density at radius 1 is 1.11 bits per heavy atom. The molecule has 0 aliphatic rings. The van der Waals surface area contributed by atoms with E-state index in [-0.39, 0.29) is 11.7 Å². The summed E-state index contributed by atoms with van der Waals surface area (Å²) in [5, 5.41) is 2.63. The molecule has 0 bridgehead atoms. The average molecular weight is 372 g/mol. The number of hydrogen-bond acceptors (Lipinski definition) is 3.